The maximum absolute atomic E-state index is 12.1. The Morgan fingerprint density at radius 1 is 1.09 bits per heavy atom. The zero-order chi connectivity index (χ0) is 23.3. The van der Waals surface area contributed by atoms with Crippen LogP contribution in [0.1, 0.15) is 43.4 Å². The first-order valence-electron chi connectivity index (χ1n) is 10.8. The summed E-state index contributed by atoms with van der Waals surface area (Å²) in [5.41, 5.74) is 4.08. The van der Waals surface area contributed by atoms with E-state index in [0.29, 0.717) is 12.5 Å². The average molecular weight is 452 g/mol. The number of likely N-dealkylation sites (N-methyl/N-ethyl adjacent to an activating group) is 1. The van der Waals surface area contributed by atoms with Gasteiger partial charge in [-0.05, 0) is 72.9 Å². The minimum Gasteiger partial charge on any atom is -0.491 e. The topological polar surface area (TPSA) is 70.7 Å². The summed E-state index contributed by atoms with van der Waals surface area (Å²) in [6.45, 7) is 10.5. The predicted molar refractivity (Wildman–Crippen MR) is 132 cm³/mol. The maximum atomic E-state index is 12.1. The molecule has 0 aromatic heterocycles. The highest BCUT2D eigenvalue weighted by Gasteiger charge is 2.25. The summed E-state index contributed by atoms with van der Waals surface area (Å²) in [6, 6.07) is 14.1. The molecule has 7 heteroatoms. The summed E-state index contributed by atoms with van der Waals surface area (Å²) in [5, 5.41) is 4.94. The SMILES string of the molecule is CCN(CCOc1ccccc1C(C)C)c1ccc(C=C2C(=O)NC(=S)NC2=O)c(C)c1. The number of amides is 2. The van der Waals surface area contributed by atoms with E-state index in [0.717, 1.165) is 35.7 Å². The maximum Gasteiger partial charge on any atom is 0.263 e. The van der Waals surface area contributed by atoms with E-state index in [1.807, 2.05) is 37.3 Å². The van der Waals surface area contributed by atoms with Gasteiger partial charge in [-0.2, -0.15) is 0 Å². The third-order valence-corrected chi connectivity index (χ3v) is 5.61. The average Bonchev–Trinajstić information content (AvgIpc) is 2.75. The molecule has 2 aromatic rings. The molecule has 0 spiro atoms. The van der Waals surface area contributed by atoms with Crippen LogP contribution in [0.2, 0.25) is 0 Å². The largest absolute Gasteiger partial charge is 0.491 e. The molecule has 168 valence electrons. The highest BCUT2D eigenvalue weighted by molar-refractivity contribution is 7.80. The van der Waals surface area contributed by atoms with Gasteiger partial charge < -0.3 is 9.64 Å². The van der Waals surface area contributed by atoms with Crippen molar-refractivity contribution in [3.05, 3.63) is 64.7 Å². The van der Waals surface area contributed by atoms with Gasteiger partial charge in [0.1, 0.15) is 17.9 Å². The van der Waals surface area contributed by atoms with Crippen molar-refractivity contribution in [1.29, 1.82) is 0 Å². The van der Waals surface area contributed by atoms with Gasteiger partial charge in [0.2, 0.25) is 0 Å². The highest BCUT2D eigenvalue weighted by atomic mass is 32.1. The van der Waals surface area contributed by atoms with E-state index in [-0.39, 0.29) is 10.7 Å². The summed E-state index contributed by atoms with van der Waals surface area (Å²) in [5.74, 6) is 0.356. The van der Waals surface area contributed by atoms with Crippen molar-refractivity contribution >= 4 is 40.9 Å². The first kappa shape index (κ1) is 23.5. The molecule has 1 heterocycles. The standard InChI is InChI=1S/C25H29N3O3S/c1-5-28(12-13-31-22-9-7-6-8-20(22)16(2)3)19-11-10-18(17(4)14-19)15-21-23(29)26-25(32)27-24(21)30/h6-11,14-16H,5,12-13H2,1-4H3,(H2,26,27,29,30,32). The molecule has 2 N–H and O–H groups in total. The lowest BCUT2D eigenvalue weighted by molar-refractivity contribution is -0.123. The van der Waals surface area contributed by atoms with Gasteiger partial charge >= 0.3 is 0 Å². The van der Waals surface area contributed by atoms with E-state index in [9.17, 15) is 9.59 Å². The van der Waals surface area contributed by atoms with Crippen LogP contribution in [0.25, 0.3) is 6.08 Å². The number of para-hydroxylation sites is 1. The number of ether oxygens (including phenoxy) is 1. The van der Waals surface area contributed by atoms with E-state index in [4.69, 9.17) is 17.0 Å². The Bertz CT molecular complexity index is 1040. The lowest BCUT2D eigenvalue weighted by atomic mass is 10.0. The molecular weight excluding hydrogens is 422 g/mol. The lowest BCUT2D eigenvalue weighted by Gasteiger charge is -2.24. The summed E-state index contributed by atoms with van der Waals surface area (Å²) in [7, 11) is 0. The number of rotatable bonds is 8. The quantitative estimate of drug-likeness (QED) is 0.361. The van der Waals surface area contributed by atoms with Gasteiger partial charge in [-0.3, -0.25) is 20.2 Å². The molecule has 2 amide bonds. The molecule has 1 aliphatic heterocycles. The zero-order valence-corrected chi connectivity index (χ0v) is 19.7. The van der Waals surface area contributed by atoms with E-state index >= 15 is 0 Å². The first-order valence-corrected chi connectivity index (χ1v) is 11.2. The van der Waals surface area contributed by atoms with Crippen molar-refractivity contribution < 1.29 is 14.3 Å². The molecule has 32 heavy (non-hydrogen) atoms. The fraction of sp³-hybridized carbons (Fsp3) is 0.320. The van der Waals surface area contributed by atoms with Crippen LogP contribution in [0.4, 0.5) is 5.69 Å². The summed E-state index contributed by atoms with van der Waals surface area (Å²) in [4.78, 5) is 26.4. The third-order valence-electron chi connectivity index (χ3n) is 5.40. The van der Waals surface area contributed by atoms with Crippen LogP contribution in [-0.4, -0.2) is 36.6 Å². The number of nitrogens with one attached hydrogen (secondary N) is 2. The molecule has 0 aliphatic carbocycles. The Morgan fingerprint density at radius 3 is 2.41 bits per heavy atom. The monoisotopic (exact) mass is 451 g/mol. The van der Waals surface area contributed by atoms with Gasteiger partial charge in [0.05, 0.1) is 6.54 Å². The van der Waals surface area contributed by atoms with E-state index in [1.165, 1.54) is 5.56 Å². The number of hydrogen-bond acceptors (Lipinski definition) is 5. The molecule has 0 bridgehead atoms. The van der Waals surface area contributed by atoms with Crippen LogP contribution < -0.4 is 20.3 Å². The molecule has 1 saturated heterocycles. The third kappa shape index (κ3) is 5.53. The van der Waals surface area contributed by atoms with Crippen molar-refractivity contribution in [1.82, 2.24) is 10.6 Å². The van der Waals surface area contributed by atoms with Gasteiger partial charge in [0, 0.05) is 12.2 Å². The Morgan fingerprint density at radius 2 is 1.78 bits per heavy atom. The van der Waals surface area contributed by atoms with Gasteiger partial charge in [0.15, 0.2) is 5.11 Å². The molecular formula is C25H29N3O3S. The minimum atomic E-state index is -0.490. The number of thiocarbonyl (C=S) groups is 1. The van der Waals surface area contributed by atoms with Crippen LogP contribution in [-0.2, 0) is 9.59 Å². The summed E-state index contributed by atoms with van der Waals surface area (Å²) >= 11 is 4.84. The predicted octanol–water partition coefficient (Wildman–Crippen LogP) is 3.94. The van der Waals surface area contributed by atoms with Crippen molar-refractivity contribution in [3.8, 4) is 5.75 Å². The highest BCUT2D eigenvalue weighted by Crippen LogP contribution is 2.26. The second-order valence-corrected chi connectivity index (χ2v) is 8.37. The lowest BCUT2D eigenvalue weighted by Crippen LogP contribution is -2.51. The van der Waals surface area contributed by atoms with Crippen LogP contribution in [0.15, 0.2) is 48.0 Å². The van der Waals surface area contributed by atoms with Crippen molar-refractivity contribution in [3.63, 3.8) is 0 Å². The number of carbonyl (C=O) groups is 2. The van der Waals surface area contributed by atoms with E-state index in [2.05, 4.69) is 48.4 Å². The summed E-state index contributed by atoms with van der Waals surface area (Å²) in [6.07, 6.45) is 1.59. The molecule has 0 saturated carbocycles. The Balaban J connectivity index is 1.70. The van der Waals surface area contributed by atoms with E-state index in [1.54, 1.807) is 6.08 Å². The fourth-order valence-electron chi connectivity index (χ4n) is 3.60. The van der Waals surface area contributed by atoms with Gasteiger partial charge in [-0.1, -0.05) is 38.1 Å². The van der Waals surface area contributed by atoms with Crippen molar-refractivity contribution in [2.24, 2.45) is 0 Å². The van der Waals surface area contributed by atoms with Crippen molar-refractivity contribution in [2.45, 2.75) is 33.6 Å². The minimum absolute atomic E-state index is 0.0287. The fourth-order valence-corrected chi connectivity index (χ4v) is 3.79. The van der Waals surface area contributed by atoms with Gasteiger partial charge in [-0.15, -0.1) is 0 Å². The normalized spacial score (nSPS) is 13.7. The van der Waals surface area contributed by atoms with E-state index < -0.39 is 11.8 Å². The Kier molecular flexibility index (Phi) is 7.64. The number of benzene rings is 2. The van der Waals surface area contributed by atoms with Crippen LogP contribution in [0.5, 0.6) is 5.75 Å². The molecule has 6 nitrogen and oxygen atoms in total. The number of nitrogens with zero attached hydrogens (tertiary/aromatic N) is 1. The number of aryl methyl sites for hydroxylation is 1. The first-order chi connectivity index (χ1) is 15.3. The second kappa shape index (κ2) is 10.4. The van der Waals surface area contributed by atoms with Crippen LogP contribution in [0.3, 0.4) is 0 Å². The smallest absolute Gasteiger partial charge is 0.263 e. The molecule has 0 atom stereocenters. The molecule has 0 radical (unpaired) electrons. The zero-order valence-electron chi connectivity index (χ0n) is 18.9. The summed E-state index contributed by atoms with van der Waals surface area (Å²) < 4.78 is 6.09. The van der Waals surface area contributed by atoms with Gasteiger partial charge in [0.25, 0.3) is 11.8 Å². The van der Waals surface area contributed by atoms with Gasteiger partial charge in [-0.25, -0.2) is 0 Å². The van der Waals surface area contributed by atoms with Crippen LogP contribution in [0, 0.1) is 6.92 Å². The molecule has 1 fully saturated rings. The molecule has 1 aliphatic rings. The number of hydrogen-bond donors (Lipinski definition) is 2. The van der Waals surface area contributed by atoms with Crippen LogP contribution >= 0.6 is 12.2 Å². The molecule has 3 rings (SSSR count). The Labute approximate surface area is 194 Å². The van der Waals surface area contributed by atoms with Crippen molar-refractivity contribution in [2.75, 3.05) is 24.6 Å². The molecule has 2 aromatic carbocycles. The second-order valence-electron chi connectivity index (χ2n) is 7.96. The molecule has 0 unspecified atom stereocenters. The number of anilines is 1. The number of carbonyl (C=O) groups excluding carboxylic acids is 2. The Hall–Kier alpha value is -3.19.